The lowest BCUT2D eigenvalue weighted by Crippen LogP contribution is -2.26. The predicted molar refractivity (Wildman–Crippen MR) is 115 cm³/mol. The van der Waals surface area contributed by atoms with Gasteiger partial charge in [0.05, 0.1) is 17.3 Å². The van der Waals surface area contributed by atoms with Gasteiger partial charge < -0.3 is 5.32 Å². The minimum Gasteiger partial charge on any atom is -0.306 e. The molecule has 0 spiro atoms. The number of hydrogen-bond acceptors (Lipinski definition) is 3. The quantitative estimate of drug-likeness (QED) is 0.384. The SMILES string of the molecule is CC(C(=O)Nc1nn(Cc2c(F)cccc2Cl)cc1Cl)n1nc(C(F)(F)F)c(Cl)c1C1CC1. The molecule has 1 unspecified atom stereocenters. The minimum atomic E-state index is -4.75. The molecule has 0 saturated heterocycles. The van der Waals surface area contributed by atoms with Crippen LogP contribution in [0.2, 0.25) is 15.1 Å². The highest BCUT2D eigenvalue weighted by Crippen LogP contribution is 2.47. The molecule has 1 aliphatic carbocycles. The van der Waals surface area contributed by atoms with Crippen molar-refractivity contribution >= 4 is 46.5 Å². The Balaban J connectivity index is 1.56. The zero-order valence-electron chi connectivity index (χ0n) is 16.9. The Labute approximate surface area is 200 Å². The van der Waals surface area contributed by atoms with Crippen LogP contribution in [0.15, 0.2) is 24.4 Å². The van der Waals surface area contributed by atoms with Crippen LogP contribution in [0, 0.1) is 5.82 Å². The highest BCUT2D eigenvalue weighted by Gasteiger charge is 2.43. The maximum Gasteiger partial charge on any atom is 0.436 e. The van der Waals surface area contributed by atoms with Crippen molar-refractivity contribution in [3.05, 3.63) is 62.2 Å². The highest BCUT2D eigenvalue weighted by atomic mass is 35.5. The Morgan fingerprint density at radius 3 is 2.52 bits per heavy atom. The van der Waals surface area contributed by atoms with Crippen molar-refractivity contribution in [3.63, 3.8) is 0 Å². The van der Waals surface area contributed by atoms with Gasteiger partial charge in [0, 0.05) is 22.7 Å². The van der Waals surface area contributed by atoms with Crippen molar-refractivity contribution in [1.82, 2.24) is 19.6 Å². The standard InChI is InChI=1S/C20H16Cl3F4N5O/c1-9(32-16(10-5-6-10)15(23)17(29-32)20(25,26)27)19(33)28-18-13(22)8-31(30-18)7-11-12(21)3-2-4-14(11)24/h2-4,8-10H,5-7H2,1H3,(H,28,30,33). The summed E-state index contributed by atoms with van der Waals surface area (Å²) in [7, 11) is 0. The van der Waals surface area contributed by atoms with Gasteiger partial charge in [-0.25, -0.2) is 4.39 Å². The molecule has 4 rings (SSSR count). The fourth-order valence-electron chi connectivity index (χ4n) is 3.37. The molecule has 0 bridgehead atoms. The fourth-order valence-corrected chi connectivity index (χ4v) is 4.17. The molecule has 1 aliphatic rings. The minimum absolute atomic E-state index is 0.0387. The number of amides is 1. The molecule has 1 amide bonds. The van der Waals surface area contributed by atoms with Crippen LogP contribution in [0.3, 0.4) is 0 Å². The van der Waals surface area contributed by atoms with Gasteiger partial charge in [0.2, 0.25) is 5.91 Å². The van der Waals surface area contributed by atoms with E-state index in [4.69, 9.17) is 34.8 Å². The summed E-state index contributed by atoms with van der Waals surface area (Å²) >= 11 is 18.2. The van der Waals surface area contributed by atoms with Gasteiger partial charge in [0.25, 0.3) is 0 Å². The van der Waals surface area contributed by atoms with Crippen molar-refractivity contribution in [2.45, 2.75) is 44.4 Å². The number of nitrogens with zero attached hydrogens (tertiary/aromatic N) is 4. The Hall–Kier alpha value is -2.30. The Kier molecular flexibility index (Phi) is 6.36. The van der Waals surface area contributed by atoms with Gasteiger partial charge in [0.1, 0.15) is 16.9 Å². The van der Waals surface area contributed by atoms with E-state index in [1.807, 2.05) is 0 Å². The van der Waals surface area contributed by atoms with Crippen molar-refractivity contribution in [2.75, 3.05) is 5.32 Å². The molecule has 0 aliphatic heterocycles. The summed E-state index contributed by atoms with van der Waals surface area (Å²) in [4.78, 5) is 12.8. The molecule has 176 valence electrons. The van der Waals surface area contributed by atoms with E-state index in [0.29, 0.717) is 12.8 Å². The lowest BCUT2D eigenvalue weighted by Gasteiger charge is -2.15. The number of anilines is 1. The normalized spacial score (nSPS) is 15.0. The Morgan fingerprint density at radius 2 is 1.91 bits per heavy atom. The average Bonchev–Trinajstić information content (AvgIpc) is 3.41. The van der Waals surface area contributed by atoms with E-state index in [1.54, 1.807) is 0 Å². The van der Waals surface area contributed by atoms with Crippen LogP contribution in [0.5, 0.6) is 0 Å². The molecular formula is C20H16Cl3F4N5O. The number of alkyl halides is 3. The molecule has 3 aromatic rings. The van der Waals surface area contributed by atoms with Crippen LogP contribution in [0.25, 0.3) is 0 Å². The number of nitrogens with one attached hydrogen (secondary N) is 1. The summed E-state index contributed by atoms with van der Waals surface area (Å²) in [5, 5.41) is 9.96. The van der Waals surface area contributed by atoms with Crippen molar-refractivity contribution < 1.29 is 22.4 Å². The van der Waals surface area contributed by atoms with Gasteiger partial charge in [-0.3, -0.25) is 14.2 Å². The number of aromatic nitrogens is 4. The smallest absolute Gasteiger partial charge is 0.306 e. The Bertz CT molecular complexity index is 1200. The van der Waals surface area contributed by atoms with E-state index in [9.17, 15) is 22.4 Å². The van der Waals surface area contributed by atoms with Gasteiger partial charge in [0.15, 0.2) is 11.5 Å². The molecule has 0 radical (unpaired) electrons. The van der Waals surface area contributed by atoms with Crippen LogP contribution in [-0.2, 0) is 17.5 Å². The molecule has 1 atom stereocenters. The van der Waals surface area contributed by atoms with Crippen LogP contribution in [-0.4, -0.2) is 25.5 Å². The largest absolute Gasteiger partial charge is 0.436 e. The van der Waals surface area contributed by atoms with E-state index >= 15 is 0 Å². The van der Waals surface area contributed by atoms with Gasteiger partial charge in [-0.2, -0.15) is 23.4 Å². The van der Waals surface area contributed by atoms with Crippen LogP contribution in [0.4, 0.5) is 23.4 Å². The monoisotopic (exact) mass is 523 g/mol. The highest BCUT2D eigenvalue weighted by molar-refractivity contribution is 6.33. The Morgan fingerprint density at radius 1 is 1.21 bits per heavy atom. The van der Waals surface area contributed by atoms with E-state index in [0.717, 1.165) is 4.68 Å². The lowest BCUT2D eigenvalue weighted by molar-refractivity contribution is -0.141. The number of carbonyl (C=O) groups excluding carboxylic acids is 1. The number of hydrogen-bond donors (Lipinski definition) is 1. The average molecular weight is 525 g/mol. The van der Waals surface area contributed by atoms with Gasteiger partial charge >= 0.3 is 6.18 Å². The second-order valence-corrected chi connectivity index (χ2v) is 8.85. The van der Waals surface area contributed by atoms with Gasteiger partial charge in [-0.05, 0) is 31.9 Å². The summed E-state index contributed by atoms with van der Waals surface area (Å²) in [6.07, 6.45) is -2.07. The molecule has 1 N–H and O–H groups in total. The van der Waals surface area contributed by atoms with Crippen LogP contribution >= 0.6 is 34.8 Å². The van der Waals surface area contributed by atoms with E-state index in [2.05, 4.69) is 15.5 Å². The molecule has 1 saturated carbocycles. The first-order chi connectivity index (χ1) is 15.5. The molecule has 13 heteroatoms. The lowest BCUT2D eigenvalue weighted by atomic mass is 10.2. The summed E-state index contributed by atoms with van der Waals surface area (Å²) in [6.45, 7) is 1.35. The fraction of sp³-hybridized carbons (Fsp3) is 0.350. The third-order valence-corrected chi connectivity index (χ3v) is 6.21. The maximum absolute atomic E-state index is 14.0. The third-order valence-electron chi connectivity index (χ3n) is 5.21. The van der Waals surface area contributed by atoms with Crippen molar-refractivity contribution in [3.8, 4) is 0 Å². The summed E-state index contributed by atoms with van der Waals surface area (Å²) in [5.74, 6) is -1.45. The molecule has 33 heavy (non-hydrogen) atoms. The predicted octanol–water partition coefficient (Wildman–Crippen LogP) is 6.32. The number of halogens is 7. The molecule has 2 aromatic heterocycles. The van der Waals surface area contributed by atoms with Crippen molar-refractivity contribution in [1.29, 1.82) is 0 Å². The van der Waals surface area contributed by atoms with Crippen LogP contribution < -0.4 is 5.32 Å². The van der Waals surface area contributed by atoms with Gasteiger partial charge in [-0.1, -0.05) is 40.9 Å². The van der Waals surface area contributed by atoms with Gasteiger partial charge in [-0.15, -0.1) is 0 Å². The zero-order valence-corrected chi connectivity index (χ0v) is 19.2. The second kappa shape index (κ2) is 8.81. The zero-order chi connectivity index (χ0) is 24.1. The van der Waals surface area contributed by atoms with E-state index < -0.39 is 34.7 Å². The van der Waals surface area contributed by atoms with Crippen molar-refractivity contribution in [2.24, 2.45) is 0 Å². The summed E-state index contributed by atoms with van der Waals surface area (Å²) < 4.78 is 56.2. The summed E-state index contributed by atoms with van der Waals surface area (Å²) in [6, 6.07) is 3.11. The van der Waals surface area contributed by atoms with Crippen LogP contribution in [0.1, 0.15) is 48.7 Å². The first kappa shape index (κ1) is 23.8. The molecule has 6 nitrogen and oxygen atoms in total. The van der Waals surface area contributed by atoms with E-state index in [-0.39, 0.29) is 39.6 Å². The molecular weight excluding hydrogens is 509 g/mol. The molecule has 1 aromatic carbocycles. The topological polar surface area (TPSA) is 64.7 Å². The second-order valence-electron chi connectivity index (χ2n) is 7.65. The third kappa shape index (κ3) is 4.83. The summed E-state index contributed by atoms with van der Waals surface area (Å²) in [5.41, 5.74) is -0.864. The number of rotatable bonds is 6. The molecule has 1 fully saturated rings. The first-order valence-electron chi connectivity index (χ1n) is 9.79. The number of benzene rings is 1. The first-order valence-corrected chi connectivity index (χ1v) is 10.9. The molecule has 2 heterocycles. The van der Waals surface area contributed by atoms with E-state index in [1.165, 1.54) is 36.0 Å². The number of carbonyl (C=O) groups is 1. The maximum atomic E-state index is 14.0.